The number of para-hydroxylation sites is 1. The van der Waals surface area contributed by atoms with Gasteiger partial charge in [0.1, 0.15) is 0 Å². The maximum atomic E-state index is 11.8. The zero-order valence-electron chi connectivity index (χ0n) is 16.7. The zero-order chi connectivity index (χ0) is 19.8. The lowest BCUT2D eigenvalue weighted by Gasteiger charge is -2.33. The Balaban J connectivity index is 1.18. The number of aromatic amines is 1. The van der Waals surface area contributed by atoms with Gasteiger partial charge < -0.3 is 15.6 Å². The number of fused-ring (bicyclic) bond motifs is 2. The van der Waals surface area contributed by atoms with Gasteiger partial charge in [-0.25, -0.2) is 4.79 Å². The second-order valence-corrected chi connectivity index (χ2v) is 8.43. The van der Waals surface area contributed by atoms with Crippen LogP contribution in [0.25, 0.3) is 10.9 Å². The van der Waals surface area contributed by atoms with Crippen molar-refractivity contribution in [2.45, 2.75) is 31.1 Å². The molecule has 3 N–H and O–H groups in total. The minimum Gasteiger partial charge on any atom is -0.361 e. The second-order valence-electron chi connectivity index (χ2n) is 8.43. The Hall–Kier alpha value is -2.79. The molecule has 2 aliphatic rings. The Bertz CT molecular complexity index is 1020. The van der Waals surface area contributed by atoms with E-state index in [1.165, 1.54) is 34.9 Å². The van der Waals surface area contributed by atoms with Crippen LogP contribution in [0.4, 0.5) is 10.5 Å². The van der Waals surface area contributed by atoms with Gasteiger partial charge in [0.25, 0.3) is 0 Å². The molecule has 3 heterocycles. The summed E-state index contributed by atoms with van der Waals surface area (Å²) in [6.45, 7) is 4.07. The molecule has 1 fully saturated rings. The Morgan fingerprint density at radius 1 is 1.10 bits per heavy atom. The number of anilines is 1. The number of H-pyrrole nitrogens is 1. The topological polar surface area (TPSA) is 65.4 Å². The third-order valence-corrected chi connectivity index (χ3v) is 6.77. The Labute approximate surface area is 171 Å². The van der Waals surface area contributed by atoms with Crippen LogP contribution in [0.2, 0.25) is 0 Å². The summed E-state index contributed by atoms with van der Waals surface area (Å²) in [4.78, 5) is 19.4. The second kappa shape index (κ2) is 7.56. The van der Waals surface area contributed by atoms with E-state index in [2.05, 4.69) is 46.3 Å². The fourth-order valence-electron chi connectivity index (χ4n) is 5.11. The first kappa shape index (κ1) is 18.3. The molecule has 3 aromatic rings. The standard InChI is InChI=1S/C24H28N4O/c25-24(29)28-16-20(21-3-1-2-4-23(21)28)10-14-27-12-8-17(9-13-27)18-5-6-22-19(15-18)7-11-26-22/h1-7,11,15,17,20,26H,8-10,12-14,16H2,(H2,25,29)/t20-/m1/s1. The third-order valence-electron chi connectivity index (χ3n) is 6.77. The molecule has 0 spiro atoms. The van der Waals surface area contributed by atoms with E-state index in [9.17, 15) is 4.79 Å². The molecule has 5 nitrogen and oxygen atoms in total. The highest BCUT2D eigenvalue weighted by Gasteiger charge is 2.31. The number of hydrogen-bond donors (Lipinski definition) is 2. The number of rotatable bonds is 4. The van der Waals surface area contributed by atoms with Gasteiger partial charge in [-0.15, -0.1) is 0 Å². The first-order chi connectivity index (χ1) is 14.2. The van der Waals surface area contributed by atoms with Gasteiger partial charge in [0.2, 0.25) is 0 Å². The SMILES string of the molecule is NC(=O)N1C[C@@H](CCN2CCC(c3ccc4[nH]ccc4c3)CC2)c2ccccc21. The molecule has 1 aromatic heterocycles. The normalized spacial score (nSPS) is 20.3. The molecule has 2 aromatic carbocycles. The molecular weight excluding hydrogens is 360 g/mol. The van der Waals surface area contributed by atoms with Gasteiger partial charge in [0, 0.05) is 29.9 Å². The first-order valence-electron chi connectivity index (χ1n) is 10.6. The number of hydrogen-bond acceptors (Lipinski definition) is 2. The molecule has 0 unspecified atom stereocenters. The molecule has 1 saturated heterocycles. The summed E-state index contributed by atoms with van der Waals surface area (Å²) in [6.07, 6.45) is 5.51. The molecule has 5 rings (SSSR count). The van der Waals surface area contributed by atoms with E-state index in [1.807, 2.05) is 18.3 Å². The molecule has 0 radical (unpaired) electrons. The van der Waals surface area contributed by atoms with E-state index in [0.29, 0.717) is 18.4 Å². The number of carbonyl (C=O) groups is 1. The molecule has 0 saturated carbocycles. The van der Waals surface area contributed by atoms with Crippen LogP contribution >= 0.6 is 0 Å². The highest BCUT2D eigenvalue weighted by atomic mass is 16.2. The van der Waals surface area contributed by atoms with Crippen LogP contribution in [0.5, 0.6) is 0 Å². The van der Waals surface area contributed by atoms with E-state index in [4.69, 9.17) is 5.73 Å². The predicted octanol–water partition coefficient (Wildman–Crippen LogP) is 4.42. The molecule has 1 atom stereocenters. The van der Waals surface area contributed by atoms with Gasteiger partial charge in [0.05, 0.1) is 0 Å². The van der Waals surface area contributed by atoms with Crippen molar-refractivity contribution in [2.24, 2.45) is 5.73 Å². The monoisotopic (exact) mass is 388 g/mol. The van der Waals surface area contributed by atoms with Crippen LogP contribution in [0.15, 0.2) is 54.7 Å². The van der Waals surface area contributed by atoms with Crippen LogP contribution in [0.1, 0.15) is 42.2 Å². The molecular formula is C24H28N4O. The number of aromatic nitrogens is 1. The predicted molar refractivity (Wildman–Crippen MR) is 117 cm³/mol. The molecule has 5 heteroatoms. The van der Waals surface area contributed by atoms with Gasteiger partial charge >= 0.3 is 6.03 Å². The smallest absolute Gasteiger partial charge is 0.319 e. The summed E-state index contributed by atoms with van der Waals surface area (Å²) in [6, 6.07) is 16.8. The number of urea groups is 1. The van der Waals surface area contributed by atoms with Crippen molar-refractivity contribution in [3.05, 3.63) is 65.9 Å². The molecule has 2 aliphatic heterocycles. The van der Waals surface area contributed by atoms with Crippen LogP contribution in [-0.4, -0.2) is 42.1 Å². The summed E-state index contributed by atoms with van der Waals surface area (Å²) >= 11 is 0. The molecule has 0 bridgehead atoms. The largest absolute Gasteiger partial charge is 0.361 e. The van der Waals surface area contributed by atoms with E-state index in [-0.39, 0.29) is 6.03 Å². The van der Waals surface area contributed by atoms with Gasteiger partial charge in [0.15, 0.2) is 0 Å². The van der Waals surface area contributed by atoms with Crippen molar-refractivity contribution in [1.29, 1.82) is 0 Å². The summed E-state index contributed by atoms with van der Waals surface area (Å²) < 4.78 is 0. The van der Waals surface area contributed by atoms with Crippen molar-refractivity contribution in [2.75, 3.05) is 31.1 Å². The lowest BCUT2D eigenvalue weighted by molar-refractivity contribution is 0.206. The van der Waals surface area contributed by atoms with Crippen LogP contribution in [0, 0.1) is 0 Å². The Morgan fingerprint density at radius 2 is 1.93 bits per heavy atom. The van der Waals surface area contributed by atoms with Crippen LogP contribution in [-0.2, 0) is 0 Å². The maximum absolute atomic E-state index is 11.8. The van der Waals surface area contributed by atoms with Crippen molar-refractivity contribution in [1.82, 2.24) is 9.88 Å². The van der Waals surface area contributed by atoms with Gasteiger partial charge in [-0.3, -0.25) is 4.90 Å². The summed E-state index contributed by atoms with van der Waals surface area (Å²) in [5, 5.41) is 1.31. The lowest BCUT2D eigenvalue weighted by atomic mass is 9.88. The minimum absolute atomic E-state index is 0.347. The van der Waals surface area contributed by atoms with E-state index in [0.717, 1.165) is 31.7 Å². The summed E-state index contributed by atoms with van der Waals surface area (Å²) in [7, 11) is 0. The number of primary amides is 1. The van der Waals surface area contributed by atoms with E-state index in [1.54, 1.807) is 4.90 Å². The number of carbonyl (C=O) groups excluding carboxylic acids is 1. The van der Waals surface area contributed by atoms with Crippen LogP contribution in [0.3, 0.4) is 0 Å². The maximum Gasteiger partial charge on any atom is 0.319 e. The number of amides is 2. The highest BCUT2D eigenvalue weighted by molar-refractivity contribution is 5.93. The number of piperidine rings is 1. The minimum atomic E-state index is -0.347. The molecule has 0 aliphatic carbocycles. The average molecular weight is 389 g/mol. The zero-order valence-corrected chi connectivity index (χ0v) is 16.7. The number of likely N-dealkylation sites (tertiary alicyclic amines) is 1. The number of benzene rings is 2. The fourth-order valence-corrected chi connectivity index (χ4v) is 5.11. The molecule has 2 amide bonds. The first-order valence-corrected chi connectivity index (χ1v) is 10.6. The van der Waals surface area contributed by atoms with E-state index < -0.39 is 0 Å². The lowest BCUT2D eigenvalue weighted by Crippen LogP contribution is -2.36. The third kappa shape index (κ3) is 3.51. The fraction of sp³-hybridized carbons (Fsp3) is 0.375. The molecule has 150 valence electrons. The summed E-state index contributed by atoms with van der Waals surface area (Å²) in [5.74, 6) is 1.04. The van der Waals surface area contributed by atoms with Crippen molar-refractivity contribution in [3.63, 3.8) is 0 Å². The average Bonchev–Trinajstić information content (AvgIpc) is 3.37. The highest BCUT2D eigenvalue weighted by Crippen LogP contribution is 2.38. The Morgan fingerprint density at radius 3 is 2.76 bits per heavy atom. The summed E-state index contributed by atoms with van der Waals surface area (Å²) in [5.41, 5.74) is 10.5. The van der Waals surface area contributed by atoms with Gasteiger partial charge in [-0.1, -0.05) is 24.3 Å². The quantitative estimate of drug-likeness (QED) is 0.695. The Kier molecular flexibility index (Phi) is 4.76. The number of nitrogens with two attached hydrogens (primary N) is 1. The van der Waals surface area contributed by atoms with Crippen molar-refractivity contribution >= 4 is 22.6 Å². The van der Waals surface area contributed by atoms with Gasteiger partial charge in [-0.05, 0) is 85.6 Å². The number of nitrogens with one attached hydrogen (secondary N) is 1. The van der Waals surface area contributed by atoms with Gasteiger partial charge in [-0.2, -0.15) is 0 Å². The van der Waals surface area contributed by atoms with Crippen molar-refractivity contribution in [3.8, 4) is 0 Å². The molecule has 29 heavy (non-hydrogen) atoms. The van der Waals surface area contributed by atoms with E-state index >= 15 is 0 Å². The van der Waals surface area contributed by atoms with Crippen LogP contribution < -0.4 is 10.6 Å². The van der Waals surface area contributed by atoms with Crippen molar-refractivity contribution < 1.29 is 4.79 Å². The number of nitrogens with zero attached hydrogens (tertiary/aromatic N) is 2.